The number of likely N-dealkylation sites (tertiary alicyclic amines) is 1. The molecule has 0 spiro atoms. The molecule has 1 heterocycles. The number of hydrogen-bond donors (Lipinski definition) is 0. The second kappa shape index (κ2) is 11.2. The van der Waals surface area contributed by atoms with E-state index in [0.717, 1.165) is 17.7 Å². The maximum Gasteiger partial charge on any atom is 0.416 e. The van der Waals surface area contributed by atoms with Crippen LogP contribution in [0.15, 0.2) is 29.4 Å². The van der Waals surface area contributed by atoms with Crippen LogP contribution in [0.2, 0.25) is 0 Å². The molecule has 1 aromatic rings. The van der Waals surface area contributed by atoms with Crippen molar-refractivity contribution in [1.29, 1.82) is 0 Å². The van der Waals surface area contributed by atoms with Gasteiger partial charge in [0.1, 0.15) is 0 Å². The van der Waals surface area contributed by atoms with E-state index < -0.39 is 31.3 Å². The summed E-state index contributed by atoms with van der Waals surface area (Å²) < 4.78 is 61.1. The van der Waals surface area contributed by atoms with Gasteiger partial charge in [-0.25, -0.2) is 0 Å². The Hall–Kier alpha value is -1.77. The van der Waals surface area contributed by atoms with Gasteiger partial charge in [-0.3, -0.25) is 9.36 Å². The Morgan fingerprint density at radius 1 is 1.16 bits per heavy atom. The fourth-order valence-electron chi connectivity index (χ4n) is 3.65. The number of alkyl halides is 3. The average molecular weight is 464 g/mol. The summed E-state index contributed by atoms with van der Waals surface area (Å²) in [6, 6.07) is 3.89. The molecule has 0 saturated carbocycles. The zero-order valence-electron chi connectivity index (χ0n) is 17.6. The van der Waals surface area contributed by atoms with Gasteiger partial charge in [-0.15, -0.1) is 4.91 Å². The predicted molar refractivity (Wildman–Crippen MR) is 110 cm³/mol. The highest BCUT2D eigenvalue weighted by molar-refractivity contribution is 7.53. The minimum absolute atomic E-state index is 0.0325. The Kier molecular flexibility index (Phi) is 9.21. The van der Waals surface area contributed by atoms with Crippen LogP contribution < -0.4 is 0 Å². The number of piperidine rings is 1. The smallest absolute Gasteiger partial charge is 0.341 e. The highest BCUT2D eigenvalue weighted by Gasteiger charge is 2.33. The molecular weight excluding hydrogens is 436 g/mol. The maximum atomic E-state index is 12.7. The predicted octanol–water partition coefficient (Wildman–Crippen LogP) is 5.20. The standard InChI is InChI=1S/C20H28F3N2O5P/c1-3-29-31(28,30-4-2)14-11-18(24-27)19(26)25-12-9-16(10-13-25)15-5-7-17(8-6-15)20(21,22)23/h5-8,16,18H,3-4,9-14H2,1-2H3/t18-/m0/s1. The van der Waals surface area contributed by atoms with Crippen molar-refractivity contribution < 1.29 is 31.6 Å². The van der Waals surface area contributed by atoms with Crippen molar-refractivity contribution in [3.8, 4) is 0 Å². The van der Waals surface area contributed by atoms with Crippen molar-refractivity contribution >= 4 is 13.5 Å². The molecule has 11 heteroatoms. The number of carbonyl (C=O) groups is 1. The van der Waals surface area contributed by atoms with Crippen LogP contribution in [0.3, 0.4) is 0 Å². The summed E-state index contributed by atoms with van der Waals surface area (Å²) >= 11 is 0. The van der Waals surface area contributed by atoms with E-state index in [1.807, 2.05) is 0 Å². The second-order valence-corrected chi connectivity index (χ2v) is 9.48. The molecule has 7 nitrogen and oxygen atoms in total. The van der Waals surface area contributed by atoms with Gasteiger partial charge in [0.15, 0.2) is 6.04 Å². The number of nitrogens with zero attached hydrogens (tertiary/aromatic N) is 2. The molecule has 1 saturated heterocycles. The first-order valence-corrected chi connectivity index (χ1v) is 12.0. The Morgan fingerprint density at radius 3 is 2.16 bits per heavy atom. The summed E-state index contributed by atoms with van der Waals surface area (Å²) in [6.45, 7) is 4.44. The largest absolute Gasteiger partial charge is 0.416 e. The van der Waals surface area contributed by atoms with Crippen LogP contribution in [0.1, 0.15) is 50.2 Å². The molecule has 31 heavy (non-hydrogen) atoms. The third kappa shape index (κ3) is 7.12. The minimum atomic E-state index is -4.38. The van der Waals surface area contributed by atoms with Gasteiger partial charge in [0.25, 0.3) is 5.91 Å². The van der Waals surface area contributed by atoms with E-state index in [1.54, 1.807) is 13.8 Å². The molecular formula is C20H28F3N2O5P. The van der Waals surface area contributed by atoms with E-state index in [9.17, 15) is 27.4 Å². The van der Waals surface area contributed by atoms with Crippen molar-refractivity contribution in [3.63, 3.8) is 0 Å². The van der Waals surface area contributed by atoms with Gasteiger partial charge in [-0.05, 0) is 56.7 Å². The summed E-state index contributed by atoms with van der Waals surface area (Å²) in [4.78, 5) is 25.5. The SMILES string of the molecule is CCOP(=O)(CC[C@H](N=O)C(=O)N1CCC(c2ccc(C(F)(F)F)cc2)CC1)OCC. The van der Waals surface area contributed by atoms with Crippen LogP contribution in [-0.4, -0.2) is 49.3 Å². The number of nitroso groups, excluding NO2 is 1. The van der Waals surface area contributed by atoms with Crippen LogP contribution in [0.4, 0.5) is 13.2 Å². The van der Waals surface area contributed by atoms with E-state index in [0.29, 0.717) is 25.9 Å². The van der Waals surface area contributed by atoms with E-state index in [2.05, 4.69) is 5.18 Å². The summed E-state index contributed by atoms with van der Waals surface area (Å²) in [5, 5.41) is 2.92. The van der Waals surface area contributed by atoms with Crippen molar-refractivity contribution in [3.05, 3.63) is 40.3 Å². The molecule has 0 N–H and O–H groups in total. The number of rotatable bonds is 10. The van der Waals surface area contributed by atoms with Crippen LogP contribution >= 0.6 is 7.60 Å². The summed E-state index contributed by atoms with van der Waals surface area (Å²) in [6.07, 6.45) is -3.37. The second-order valence-electron chi connectivity index (χ2n) is 7.30. The molecule has 1 aliphatic heterocycles. The summed E-state index contributed by atoms with van der Waals surface area (Å²) in [7, 11) is -3.38. The lowest BCUT2D eigenvalue weighted by Crippen LogP contribution is -2.43. The molecule has 1 aromatic carbocycles. The highest BCUT2D eigenvalue weighted by atomic mass is 31.2. The molecule has 1 amide bonds. The van der Waals surface area contributed by atoms with Crippen LogP contribution in [0, 0.1) is 4.91 Å². The van der Waals surface area contributed by atoms with Crippen LogP contribution in [0.5, 0.6) is 0 Å². The van der Waals surface area contributed by atoms with Crippen molar-refractivity contribution in [1.82, 2.24) is 4.90 Å². The monoisotopic (exact) mass is 464 g/mol. The molecule has 0 aliphatic carbocycles. The topological polar surface area (TPSA) is 85.3 Å². The fourth-order valence-corrected chi connectivity index (χ4v) is 5.33. The van der Waals surface area contributed by atoms with Crippen molar-refractivity contribution in [2.24, 2.45) is 5.18 Å². The quantitative estimate of drug-likeness (QED) is 0.351. The Labute approximate surface area is 179 Å². The van der Waals surface area contributed by atoms with Gasteiger partial charge in [0.2, 0.25) is 0 Å². The van der Waals surface area contributed by atoms with Crippen LogP contribution in [0.25, 0.3) is 0 Å². The van der Waals surface area contributed by atoms with E-state index >= 15 is 0 Å². The molecule has 0 unspecified atom stereocenters. The number of benzene rings is 1. The van der Waals surface area contributed by atoms with Crippen molar-refractivity contribution in [2.45, 2.75) is 51.2 Å². The fraction of sp³-hybridized carbons (Fsp3) is 0.650. The first-order valence-electron chi connectivity index (χ1n) is 10.3. The number of hydrogen-bond acceptors (Lipinski definition) is 6. The molecule has 1 fully saturated rings. The Bertz CT molecular complexity index is 770. The zero-order valence-corrected chi connectivity index (χ0v) is 18.5. The summed E-state index contributed by atoms with van der Waals surface area (Å²) in [5.41, 5.74) is 0.0969. The van der Waals surface area contributed by atoms with Crippen molar-refractivity contribution in [2.75, 3.05) is 32.5 Å². The Morgan fingerprint density at radius 2 is 1.71 bits per heavy atom. The third-order valence-corrected chi connectivity index (χ3v) is 7.37. The van der Waals surface area contributed by atoms with E-state index in [1.165, 1.54) is 17.0 Å². The molecule has 0 aromatic heterocycles. The molecule has 0 radical (unpaired) electrons. The number of halogens is 3. The lowest BCUT2D eigenvalue weighted by atomic mass is 9.88. The minimum Gasteiger partial charge on any atom is -0.341 e. The van der Waals surface area contributed by atoms with Gasteiger partial charge in [-0.1, -0.05) is 17.3 Å². The van der Waals surface area contributed by atoms with Gasteiger partial charge in [-0.2, -0.15) is 13.2 Å². The normalized spacial score (nSPS) is 16.9. The Balaban J connectivity index is 1.92. The molecule has 1 atom stereocenters. The molecule has 2 rings (SSSR count). The summed E-state index contributed by atoms with van der Waals surface area (Å²) in [5.74, 6) is -0.412. The lowest BCUT2D eigenvalue weighted by molar-refractivity contribution is -0.137. The number of carbonyl (C=O) groups excluding carboxylic acids is 1. The first kappa shape index (κ1) is 25.5. The van der Waals surface area contributed by atoms with Gasteiger partial charge >= 0.3 is 13.8 Å². The molecule has 0 bridgehead atoms. The van der Waals surface area contributed by atoms with Gasteiger partial charge in [0.05, 0.1) is 24.9 Å². The first-order chi connectivity index (χ1) is 14.6. The number of amides is 1. The molecule has 1 aliphatic rings. The lowest BCUT2D eigenvalue weighted by Gasteiger charge is -2.33. The van der Waals surface area contributed by atoms with E-state index in [-0.39, 0.29) is 31.7 Å². The third-order valence-electron chi connectivity index (χ3n) is 5.26. The zero-order chi connectivity index (χ0) is 23.1. The van der Waals surface area contributed by atoms with Gasteiger partial charge in [0, 0.05) is 13.1 Å². The average Bonchev–Trinajstić information content (AvgIpc) is 2.74. The highest BCUT2D eigenvalue weighted by Crippen LogP contribution is 2.49. The van der Waals surface area contributed by atoms with Crippen LogP contribution in [-0.2, 0) is 24.6 Å². The van der Waals surface area contributed by atoms with Gasteiger partial charge < -0.3 is 13.9 Å². The maximum absolute atomic E-state index is 12.7. The molecule has 174 valence electrons. The van der Waals surface area contributed by atoms with E-state index in [4.69, 9.17) is 9.05 Å².